The van der Waals surface area contributed by atoms with Gasteiger partial charge in [0, 0.05) is 22.9 Å². The molecule has 0 aliphatic carbocycles. The molecule has 1 N–H and O–H groups in total. The summed E-state index contributed by atoms with van der Waals surface area (Å²) in [6, 6.07) is 10.8. The van der Waals surface area contributed by atoms with Gasteiger partial charge in [-0.25, -0.2) is 12.8 Å². The fourth-order valence-electron chi connectivity index (χ4n) is 3.18. The van der Waals surface area contributed by atoms with Crippen LogP contribution in [0.3, 0.4) is 0 Å². The number of carboxylic acid groups (broad SMARTS) is 1. The third kappa shape index (κ3) is 3.48. The van der Waals surface area contributed by atoms with Gasteiger partial charge in [0.15, 0.2) is 9.84 Å². The zero-order valence-corrected chi connectivity index (χ0v) is 15.2. The summed E-state index contributed by atoms with van der Waals surface area (Å²) in [4.78, 5) is 11.4. The van der Waals surface area contributed by atoms with Crippen LogP contribution in [0.25, 0.3) is 10.9 Å². The highest BCUT2D eigenvalue weighted by molar-refractivity contribution is 7.90. The average Bonchev–Trinajstić information content (AvgIpc) is 2.79. The van der Waals surface area contributed by atoms with Gasteiger partial charge in [-0.05, 0) is 54.8 Å². The molecule has 3 rings (SSSR count). The van der Waals surface area contributed by atoms with E-state index in [-0.39, 0.29) is 11.4 Å². The Bertz CT molecular complexity index is 1120. The molecular weight excluding hydrogens is 357 g/mol. The van der Waals surface area contributed by atoms with Crippen LogP contribution >= 0.6 is 0 Å². The molecule has 26 heavy (non-hydrogen) atoms. The van der Waals surface area contributed by atoms with Gasteiger partial charge in [-0.2, -0.15) is 0 Å². The topological polar surface area (TPSA) is 76.4 Å². The number of carbonyl (C=O) groups is 1. The van der Waals surface area contributed by atoms with E-state index in [0.717, 1.165) is 23.1 Å². The molecule has 3 aromatic rings. The van der Waals surface area contributed by atoms with E-state index in [0.29, 0.717) is 17.3 Å². The summed E-state index contributed by atoms with van der Waals surface area (Å²) < 4.78 is 38.9. The number of aromatic nitrogens is 1. The van der Waals surface area contributed by atoms with Crippen molar-refractivity contribution in [2.45, 2.75) is 24.8 Å². The standard InChI is InChI=1S/C19H18FNO4S/c1-12-16(9-13-4-3-5-15(8-13)26(2,24)25)17-10-14(20)6-7-18(17)21(12)11-19(22)23/h3-8,10H,9,11H2,1-2H3,(H,22,23). The van der Waals surface area contributed by atoms with E-state index < -0.39 is 21.6 Å². The Kier molecular flexibility index (Phi) is 4.58. The van der Waals surface area contributed by atoms with Gasteiger partial charge in [0.25, 0.3) is 0 Å². The van der Waals surface area contributed by atoms with Gasteiger partial charge in [-0.3, -0.25) is 4.79 Å². The maximum absolute atomic E-state index is 13.8. The normalized spacial score (nSPS) is 11.8. The molecule has 0 bridgehead atoms. The third-order valence-electron chi connectivity index (χ3n) is 4.42. The van der Waals surface area contributed by atoms with Crippen LogP contribution in [0, 0.1) is 12.7 Å². The average molecular weight is 375 g/mol. The largest absolute Gasteiger partial charge is 0.480 e. The summed E-state index contributed by atoms with van der Waals surface area (Å²) in [6.45, 7) is 1.56. The molecule has 5 nitrogen and oxygen atoms in total. The van der Waals surface area contributed by atoms with Gasteiger partial charge in [0.05, 0.1) is 4.90 Å². The Morgan fingerprint density at radius 3 is 2.58 bits per heavy atom. The summed E-state index contributed by atoms with van der Waals surface area (Å²) in [5.41, 5.74) is 2.90. The maximum atomic E-state index is 13.8. The molecule has 136 valence electrons. The molecule has 0 aliphatic rings. The fourth-order valence-corrected chi connectivity index (χ4v) is 3.87. The molecule has 0 atom stereocenters. The molecule has 7 heteroatoms. The highest BCUT2D eigenvalue weighted by Crippen LogP contribution is 2.29. The number of halogens is 1. The predicted molar refractivity (Wildman–Crippen MR) is 96.6 cm³/mol. The van der Waals surface area contributed by atoms with Crippen LogP contribution in [-0.4, -0.2) is 30.3 Å². The summed E-state index contributed by atoms with van der Waals surface area (Å²) >= 11 is 0. The highest BCUT2D eigenvalue weighted by atomic mass is 32.2. The van der Waals surface area contributed by atoms with Gasteiger partial charge in [-0.1, -0.05) is 12.1 Å². The number of sulfone groups is 1. The van der Waals surface area contributed by atoms with Crippen molar-refractivity contribution in [3.05, 3.63) is 65.1 Å². The van der Waals surface area contributed by atoms with Crippen molar-refractivity contribution in [2.75, 3.05) is 6.26 Å². The summed E-state index contributed by atoms with van der Waals surface area (Å²) in [5.74, 6) is -1.39. The van der Waals surface area contributed by atoms with Crippen LogP contribution in [0.4, 0.5) is 4.39 Å². The zero-order valence-electron chi connectivity index (χ0n) is 14.4. The Morgan fingerprint density at radius 1 is 1.19 bits per heavy atom. The SMILES string of the molecule is Cc1c(Cc2cccc(S(C)(=O)=O)c2)c2cc(F)ccc2n1CC(=O)O. The van der Waals surface area contributed by atoms with Gasteiger partial charge in [0.1, 0.15) is 12.4 Å². The van der Waals surface area contributed by atoms with E-state index in [2.05, 4.69) is 0 Å². The fraction of sp³-hybridized carbons (Fsp3) is 0.211. The smallest absolute Gasteiger partial charge is 0.323 e. The second-order valence-corrected chi connectivity index (χ2v) is 8.32. The van der Waals surface area contributed by atoms with Gasteiger partial charge in [0.2, 0.25) is 0 Å². The van der Waals surface area contributed by atoms with Crippen molar-refractivity contribution in [1.82, 2.24) is 4.57 Å². The first-order chi connectivity index (χ1) is 12.2. The van der Waals surface area contributed by atoms with E-state index in [1.54, 1.807) is 35.8 Å². The van der Waals surface area contributed by atoms with Crippen LogP contribution in [-0.2, 0) is 27.6 Å². The monoisotopic (exact) mass is 375 g/mol. The molecule has 0 amide bonds. The van der Waals surface area contributed by atoms with Crippen molar-refractivity contribution in [3.8, 4) is 0 Å². The first-order valence-corrected chi connectivity index (χ1v) is 9.84. The van der Waals surface area contributed by atoms with E-state index in [4.69, 9.17) is 5.11 Å². The molecule has 0 saturated heterocycles. The number of hydrogen-bond donors (Lipinski definition) is 1. The molecule has 0 unspecified atom stereocenters. The van der Waals surface area contributed by atoms with E-state index in [1.807, 2.05) is 0 Å². The quantitative estimate of drug-likeness (QED) is 0.743. The number of benzene rings is 2. The van der Waals surface area contributed by atoms with Crippen molar-refractivity contribution >= 4 is 26.7 Å². The number of hydrogen-bond acceptors (Lipinski definition) is 3. The summed E-state index contributed by atoms with van der Waals surface area (Å²) in [7, 11) is -3.33. The summed E-state index contributed by atoms with van der Waals surface area (Å²) in [5, 5.41) is 9.80. The van der Waals surface area contributed by atoms with Crippen molar-refractivity contribution in [2.24, 2.45) is 0 Å². The lowest BCUT2D eigenvalue weighted by Crippen LogP contribution is -2.10. The Morgan fingerprint density at radius 2 is 1.92 bits per heavy atom. The van der Waals surface area contributed by atoms with Crippen LogP contribution < -0.4 is 0 Å². The van der Waals surface area contributed by atoms with Crippen LogP contribution in [0.1, 0.15) is 16.8 Å². The molecular formula is C19H18FNO4S. The minimum absolute atomic E-state index is 0.216. The van der Waals surface area contributed by atoms with Crippen LogP contribution in [0.5, 0.6) is 0 Å². The molecule has 0 fully saturated rings. The zero-order chi connectivity index (χ0) is 19.1. The lowest BCUT2D eigenvalue weighted by molar-refractivity contribution is -0.137. The Hall–Kier alpha value is -2.67. The molecule has 0 aliphatic heterocycles. The van der Waals surface area contributed by atoms with Crippen molar-refractivity contribution < 1.29 is 22.7 Å². The number of nitrogens with zero attached hydrogens (tertiary/aromatic N) is 1. The molecule has 0 radical (unpaired) electrons. The van der Waals surface area contributed by atoms with Gasteiger partial charge >= 0.3 is 5.97 Å². The third-order valence-corrected chi connectivity index (χ3v) is 5.53. The Labute approximate surface area is 150 Å². The Balaban J connectivity index is 2.15. The van der Waals surface area contributed by atoms with Gasteiger partial charge < -0.3 is 9.67 Å². The number of rotatable bonds is 5. The second kappa shape index (κ2) is 6.57. The first kappa shape index (κ1) is 18.1. The van der Waals surface area contributed by atoms with Crippen molar-refractivity contribution in [3.63, 3.8) is 0 Å². The number of fused-ring (bicyclic) bond motifs is 1. The molecule has 0 saturated carbocycles. The number of aliphatic carboxylic acids is 1. The minimum atomic E-state index is -3.33. The van der Waals surface area contributed by atoms with Crippen LogP contribution in [0.15, 0.2) is 47.4 Å². The van der Waals surface area contributed by atoms with E-state index in [9.17, 15) is 17.6 Å². The first-order valence-electron chi connectivity index (χ1n) is 7.95. The molecule has 2 aromatic carbocycles. The predicted octanol–water partition coefficient (Wildman–Crippen LogP) is 3.17. The lowest BCUT2D eigenvalue weighted by atomic mass is 10.0. The van der Waals surface area contributed by atoms with Crippen LogP contribution in [0.2, 0.25) is 0 Å². The summed E-state index contributed by atoms with van der Waals surface area (Å²) in [6.07, 6.45) is 1.52. The molecule has 1 heterocycles. The maximum Gasteiger partial charge on any atom is 0.323 e. The van der Waals surface area contributed by atoms with Gasteiger partial charge in [-0.15, -0.1) is 0 Å². The second-order valence-electron chi connectivity index (χ2n) is 6.30. The highest BCUT2D eigenvalue weighted by Gasteiger charge is 2.17. The number of carboxylic acids is 1. The lowest BCUT2D eigenvalue weighted by Gasteiger charge is -2.07. The minimum Gasteiger partial charge on any atom is -0.480 e. The molecule has 1 aromatic heterocycles. The van der Waals surface area contributed by atoms with E-state index >= 15 is 0 Å². The van der Waals surface area contributed by atoms with E-state index in [1.165, 1.54) is 18.2 Å². The molecule has 0 spiro atoms. The van der Waals surface area contributed by atoms with Crippen molar-refractivity contribution in [1.29, 1.82) is 0 Å².